The van der Waals surface area contributed by atoms with Crippen LogP contribution in [0.4, 0.5) is 11.5 Å². The molecule has 0 bridgehead atoms. The molecule has 0 saturated heterocycles. The van der Waals surface area contributed by atoms with Gasteiger partial charge in [0.25, 0.3) is 0 Å². The smallest absolute Gasteiger partial charge is 0.229 e. The van der Waals surface area contributed by atoms with Gasteiger partial charge >= 0.3 is 0 Å². The third-order valence-electron chi connectivity index (χ3n) is 3.66. The topological polar surface area (TPSA) is 84.2 Å². The molecule has 0 aliphatic heterocycles. The van der Waals surface area contributed by atoms with Gasteiger partial charge in [-0.25, -0.2) is 0 Å². The van der Waals surface area contributed by atoms with Crippen molar-refractivity contribution in [2.75, 3.05) is 10.6 Å². The maximum Gasteiger partial charge on any atom is 0.229 e. The van der Waals surface area contributed by atoms with E-state index in [1.165, 1.54) is 0 Å². The summed E-state index contributed by atoms with van der Waals surface area (Å²) in [7, 11) is 0. The van der Waals surface area contributed by atoms with Gasteiger partial charge in [0.2, 0.25) is 11.8 Å². The fraction of sp³-hybridized carbons (Fsp3) is 0.312. The number of anilines is 2. The fourth-order valence-electron chi connectivity index (χ4n) is 2.29. The largest absolute Gasteiger partial charge is 0.360 e. The Morgan fingerprint density at radius 2 is 1.73 bits per heavy atom. The number of hydrogen-bond acceptors (Lipinski definition) is 4. The van der Waals surface area contributed by atoms with E-state index in [1.807, 2.05) is 31.2 Å². The van der Waals surface area contributed by atoms with E-state index in [9.17, 15) is 9.59 Å². The average molecular weight is 299 g/mol. The molecule has 2 amide bonds. The molecule has 1 aliphatic rings. The van der Waals surface area contributed by atoms with Gasteiger partial charge in [-0.15, -0.1) is 0 Å². The Kier molecular flexibility index (Phi) is 3.66. The van der Waals surface area contributed by atoms with Crippen LogP contribution in [0.5, 0.6) is 0 Å². The van der Waals surface area contributed by atoms with Crippen molar-refractivity contribution < 1.29 is 14.1 Å². The van der Waals surface area contributed by atoms with Gasteiger partial charge in [-0.3, -0.25) is 9.59 Å². The van der Waals surface area contributed by atoms with E-state index < -0.39 is 0 Å². The molecule has 1 fully saturated rings. The summed E-state index contributed by atoms with van der Waals surface area (Å²) < 4.78 is 4.88. The highest BCUT2D eigenvalue weighted by Crippen LogP contribution is 2.40. The number of rotatable bonds is 4. The summed E-state index contributed by atoms with van der Waals surface area (Å²) in [6, 6.07) is 9.20. The molecule has 1 aliphatic carbocycles. The standard InChI is InChI=1S/C16H17N3O3/c1-9-3-5-11(6-4-9)17-15(20)12-8-13(12)16(21)18-14-7-10(2)22-19-14/h3-7,12-13H,8H2,1-2H3,(H,17,20)(H,18,19,21). The van der Waals surface area contributed by atoms with Gasteiger partial charge in [-0.1, -0.05) is 22.9 Å². The highest BCUT2D eigenvalue weighted by atomic mass is 16.5. The molecule has 6 nitrogen and oxygen atoms in total. The first-order valence-corrected chi connectivity index (χ1v) is 7.14. The van der Waals surface area contributed by atoms with E-state index in [0.29, 0.717) is 18.0 Å². The van der Waals surface area contributed by atoms with Gasteiger partial charge in [0.1, 0.15) is 5.76 Å². The van der Waals surface area contributed by atoms with E-state index >= 15 is 0 Å². The van der Waals surface area contributed by atoms with Gasteiger partial charge in [0, 0.05) is 11.8 Å². The van der Waals surface area contributed by atoms with E-state index in [0.717, 1.165) is 11.3 Å². The first-order valence-electron chi connectivity index (χ1n) is 7.14. The lowest BCUT2D eigenvalue weighted by Gasteiger charge is -2.05. The third-order valence-corrected chi connectivity index (χ3v) is 3.66. The number of carbonyl (C=O) groups excluding carboxylic acids is 2. The van der Waals surface area contributed by atoms with Crippen LogP contribution in [0.2, 0.25) is 0 Å². The predicted molar refractivity (Wildman–Crippen MR) is 81.3 cm³/mol. The highest BCUT2D eigenvalue weighted by molar-refractivity contribution is 6.02. The molecule has 2 N–H and O–H groups in total. The Morgan fingerprint density at radius 3 is 2.32 bits per heavy atom. The summed E-state index contributed by atoms with van der Waals surface area (Å²) in [5.74, 6) is 0.0984. The lowest BCUT2D eigenvalue weighted by atomic mass is 10.2. The van der Waals surface area contributed by atoms with Crippen LogP contribution in [0.15, 0.2) is 34.9 Å². The molecule has 22 heavy (non-hydrogen) atoms. The van der Waals surface area contributed by atoms with Crippen LogP contribution in [0, 0.1) is 25.7 Å². The van der Waals surface area contributed by atoms with Gasteiger partial charge in [-0.05, 0) is 32.4 Å². The molecule has 114 valence electrons. The zero-order valence-corrected chi connectivity index (χ0v) is 12.4. The Balaban J connectivity index is 1.53. The van der Waals surface area contributed by atoms with Crippen LogP contribution in [0.1, 0.15) is 17.7 Å². The number of aromatic nitrogens is 1. The number of nitrogens with zero attached hydrogens (tertiary/aromatic N) is 1. The summed E-state index contributed by atoms with van der Waals surface area (Å²) in [5.41, 5.74) is 1.87. The van der Waals surface area contributed by atoms with Gasteiger partial charge in [0.15, 0.2) is 5.82 Å². The van der Waals surface area contributed by atoms with Crippen molar-refractivity contribution in [3.63, 3.8) is 0 Å². The molecule has 1 aromatic heterocycles. The maximum atomic E-state index is 12.1. The number of aryl methyl sites for hydroxylation is 2. The maximum absolute atomic E-state index is 12.1. The predicted octanol–water partition coefficient (Wildman–Crippen LogP) is 2.50. The molecule has 3 rings (SSSR count). The van der Waals surface area contributed by atoms with Crippen LogP contribution in [0.25, 0.3) is 0 Å². The summed E-state index contributed by atoms with van der Waals surface area (Å²) in [6.45, 7) is 3.73. The molecule has 2 atom stereocenters. The molecule has 1 aromatic carbocycles. The Bertz CT molecular complexity index is 706. The van der Waals surface area contributed by atoms with E-state index in [2.05, 4.69) is 15.8 Å². The minimum absolute atomic E-state index is 0.125. The van der Waals surface area contributed by atoms with Crippen LogP contribution in [-0.4, -0.2) is 17.0 Å². The first-order chi connectivity index (χ1) is 10.5. The van der Waals surface area contributed by atoms with Gasteiger partial charge < -0.3 is 15.2 Å². The Hall–Kier alpha value is -2.63. The average Bonchev–Trinajstić information content (AvgIpc) is 3.19. The highest BCUT2D eigenvalue weighted by Gasteiger charge is 2.48. The monoisotopic (exact) mass is 299 g/mol. The lowest BCUT2D eigenvalue weighted by molar-refractivity contribution is -0.122. The van der Waals surface area contributed by atoms with Gasteiger partial charge in [0.05, 0.1) is 11.8 Å². The van der Waals surface area contributed by atoms with E-state index in [4.69, 9.17) is 4.52 Å². The molecule has 1 saturated carbocycles. The van der Waals surface area contributed by atoms with Crippen molar-refractivity contribution in [3.05, 3.63) is 41.7 Å². The second-order valence-corrected chi connectivity index (χ2v) is 5.62. The normalized spacial score (nSPS) is 19.5. The molecule has 1 heterocycles. The molecule has 6 heteroatoms. The Morgan fingerprint density at radius 1 is 1.09 bits per heavy atom. The van der Waals surface area contributed by atoms with Crippen molar-refractivity contribution >= 4 is 23.3 Å². The number of amides is 2. The lowest BCUT2D eigenvalue weighted by Crippen LogP contribution is -2.20. The van der Waals surface area contributed by atoms with Crippen molar-refractivity contribution in [1.82, 2.24) is 5.16 Å². The molecule has 2 unspecified atom stereocenters. The van der Waals surface area contributed by atoms with Crippen molar-refractivity contribution in [1.29, 1.82) is 0 Å². The Labute approximate surface area is 127 Å². The third kappa shape index (κ3) is 3.16. The summed E-state index contributed by atoms with van der Waals surface area (Å²) in [6.07, 6.45) is 0.556. The summed E-state index contributed by atoms with van der Waals surface area (Å²) in [4.78, 5) is 24.1. The minimum atomic E-state index is -0.303. The zero-order valence-electron chi connectivity index (χ0n) is 12.4. The second kappa shape index (κ2) is 5.63. The van der Waals surface area contributed by atoms with Crippen molar-refractivity contribution in [2.24, 2.45) is 11.8 Å². The van der Waals surface area contributed by atoms with Crippen LogP contribution >= 0.6 is 0 Å². The minimum Gasteiger partial charge on any atom is -0.360 e. The summed E-state index contributed by atoms with van der Waals surface area (Å²) in [5, 5.41) is 9.19. The van der Waals surface area contributed by atoms with Crippen LogP contribution in [0.3, 0.4) is 0 Å². The van der Waals surface area contributed by atoms with E-state index in [-0.39, 0.29) is 23.7 Å². The van der Waals surface area contributed by atoms with E-state index in [1.54, 1.807) is 13.0 Å². The second-order valence-electron chi connectivity index (χ2n) is 5.62. The van der Waals surface area contributed by atoms with Gasteiger partial charge in [-0.2, -0.15) is 0 Å². The molecular formula is C16H17N3O3. The zero-order chi connectivity index (χ0) is 15.7. The fourth-order valence-corrected chi connectivity index (χ4v) is 2.29. The van der Waals surface area contributed by atoms with Crippen molar-refractivity contribution in [2.45, 2.75) is 20.3 Å². The van der Waals surface area contributed by atoms with Crippen molar-refractivity contribution in [3.8, 4) is 0 Å². The quantitative estimate of drug-likeness (QED) is 0.908. The molecule has 0 spiro atoms. The number of benzene rings is 1. The SMILES string of the molecule is Cc1ccc(NC(=O)C2CC2C(=O)Nc2cc(C)on2)cc1. The molecule has 0 radical (unpaired) electrons. The van der Waals surface area contributed by atoms with Crippen LogP contribution in [-0.2, 0) is 9.59 Å². The summed E-state index contributed by atoms with van der Waals surface area (Å²) >= 11 is 0. The van der Waals surface area contributed by atoms with Crippen LogP contribution < -0.4 is 10.6 Å². The molecular weight excluding hydrogens is 282 g/mol. The molecule has 2 aromatic rings. The first kappa shape index (κ1) is 14.3. The number of carbonyl (C=O) groups is 2. The number of nitrogens with one attached hydrogen (secondary N) is 2. The number of hydrogen-bond donors (Lipinski definition) is 2.